The number of anilines is 1. The zero-order chi connectivity index (χ0) is 13.8. The molecule has 0 bridgehead atoms. The molecule has 0 spiro atoms. The Labute approximate surface area is 118 Å². The molecule has 0 unspecified atom stereocenters. The van der Waals surface area contributed by atoms with E-state index in [2.05, 4.69) is 20.2 Å². The first-order valence-electron chi connectivity index (χ1n) is 5.81. The zero-order valence-corrected chi connectivity index (χ0v) is 11.1. The van der Waals surface area contributed by atoms with Gasteiger partial charge in [-0.05, 0) is 36.2 Å². The van der Waals surface area contributed by atoms with E-state index >= 15 is 0 Å². The van der Waals surface area contributed by atoms with Gasteiger partial charge in [0.1, 0.15) is 0 Å². The van der Waals surface area contributed by atoms with Gasteiger partial charge in [-0.15, -0.1) is 0 Å². The summed E-state index contributed by atoms with van der Waals surface area (Å²) in [6.45, 7) is 0. The number of carbonyl (C=O) groups is 1. The van der Waals surface area contributed by atoms with Gasteiger partial charge in [-0.3, -0.25) is 15.0 Å². The molecule has 2 heterocycles. The molecule has 100 valence electrons. The van der Waals surface area contributed by atoms with E-state index in [-0.39, 0.29) is 6.03 Å². The van der Waals surface area contributed by atoms with Crippen molar-refractivity contribution in [3.63, 3.8) is 0 Å². The summed E-state index contributed by atoms with van der Waals surface area (Å²) in [6.07, 6.45) is 3.34. The van der Waals surface area contributed by atoms with Gasteiger partial charge in [0.25, 0.3) is 0 Å². The number of pyridine rings is 1. The molecule has 0 atom stereocenters. The second kappa shape index (κ2) is 5.62. The molecule has 6 nitrogen and oxygen atoms in total. The summed E-state index contributed by atoms with van der Waals surface area (Å²) in [4.78, 5) is 16.6. The Morgan fingerprint density at radius 3 is 2.95 bits per heavy atom. The van der Waals surface area contributed by atoms with Crippen LogP contribution in [0.1, 0.15) is 0 Å². The SMILES string of the molecule is O=C(NSc1cccnc1)Nc1noc2ccccc12. The molecule has 0 aliphatic heterocycles. The number of carbonyl (C=O) groups excluding carboxylic acids is 1. The van der Waals surface area contributed by atoms with Gasteiger partial charge >= 0.3 is 6.03 Å². The molecule has 3 aromatic rings. The Morgan fingerprint density at radius 1 is 1.20 bits per heavy atom. The molecule has 3 rings (SSSR count). The lowest BCUT2D eigenvalue weighted by Crippen LogP contribution is -2.22. The normalized spacial score (nSPS) is 10.4. The standard InChI is InChI=1S/C13H10N4O2S/c18-13(17-20-9-4-3-7-14-8-9)15-12-10-5-1-2-6-11(10)19-16-12/h1-8H,(H2,15,16,17,18). The molecular formula is C13H10N4O2S. The van der Waals surface area contributed by atoms with Gasteiger partial charge in [-0.1, -0.05) is 17.3 Å². The van der Waals surface area contributed by atoms with E-state index in [0.717, 1.165) is 10.3 Å². The summed E-state index contributed by atoms with van der Waals surface area (Å²) in [7, 11) is 0. The molecule has 0 fully saturated rings. The lowest BCUT2D eigenvalue weighted by atomic mass is 10.2. The van der Waals surface area contributed by atoms with E-state index in [9.17, 15) is 4.79 Å². The first-order chi connectivity index (χ1) is 9.83. The fourth-order valence-electron chi connectivity index (χ4n) is 1.62. The second-order valence-corrected chi connectivity index (χ2v) is 4.75. The van der Waals surface area contributed by atoms with Crippen LogP contribution in [-0.2, 0) is 0 Å². The Kier molecular flexibility index (Phi) is 3.51. The largest absolute Gasteiger partial charge is 0.354 e. The molecular weight excluding hydrogens is 276 g/mol. The monoisotopic (exact) mass is 286 g/mol. The van der Waals surface area contributed by atoms with E-state index in [1.54, 1.807) is 24.5 Å². The topological polar surface area (TPSA) is 80.0 Å². The molecule has 0 saturated carbocycles. The van der Waals surface area contributed by atoms with Crippen LogP contribution in [0.2, 0.25) is 0 Å². The van der Waals surface area contributed by atoms with E-state index in [1.807, 2.05) is 24.3 Å². The molecule has 20 heavy (non-hydrogen) atoms. The first-order valence-corrected chi connectivity index (χ1v) is 6.63. The van der Waals surface area contributed by atoms with Crippen molar-refractivity contribution in [1.82, 2.24) is 14.9 Å². The molecule has 2 N–H and O–H groups in total. The molecule has 1 aromatic carbocycles. The lowest BCUT2D eigenvalue weighted by molar-refractivity contribution is 0.257. The molecule has 0 aliphatic carbocycles. The van der Waals surface area contributed by atoms with Gasteiger partial charge in [0, 0.05) is 17.3 Å². The van der Waals surface area contributed by atoms with Crippen molar-refractivity contribution in [2.45, 2.75) is 4.90 Å². The number of amides is 2. The van der Waals surface area contributed by atoms with Crippen LogP contribution in [-0.4, -0.2) is 16.2 Å². The number of rotatable bonds is 3. The maximum atomic E-state index is 11.8. The third-order valence-corrected chi connectivity index (χ3v) is 3.27. The Hall–Kier alpha value is -2.54. The minimum atomic E-state index is -0.377. The van der Waals surface area contributed by atoms with Gasteiger partial charge in [0.05, 0.1) is 5.39 Å². The molecule has 7 heteroatoms. The first kappa shape index (κ1) is 12.5. The quantitative estimate of drug-likeness (QED) is 0.723. The average molecular weight is 286 g/mol. The van der Waals surface area contributed by atoms with Crippen molar-refractivity contribution >= 4 is 34.8 Å². The van der Waals surface area contributed by atoms with Crippen molar-refractivity contribution in [3.8, 4) is 0 Å². The number of hydrogen-bond acceptors (Lipinski definition) is 5. The highest BCUT2D eigenvalue weighted by Crippen LogP contribution is 2.22. The fourth-order valence-corrected chi connectivity index (χ4v) is 2.14. The molecule has 0 radical (unpaired) electrons. The van der Waals surface area contributed by atoms with Crippen LogP contribution in [0.25, 0.3) is 11.0 Å². The number of aromatic nitrogens is 2. The van der Waals surface area contributed by atoms with Crippen LogP contribution < -0.4 is 10.0 Å². The minimum absolute atomic E-state index is 0.377. The summed E-state index contributed by atoms with van der Waals surface area (Å²) in [5.74, 6) is 0.393. The predicted octanol–water partition coefficient (Wildman–Crippen LogP) is 3.05. The maximum Gasteiger partial charge on any atom is 0.330 e. The summed E-state index contributed by atoms with van der Waals surface area (Å²) >= 11 is 1.17. The van der Waals surface area contributed by atoms with Gasteiger partial charge in [-0.2, -0.15) is 0 Å². The van der Waals surface area contributed by atoms with Crippen molar-refractivity contribution < 1.29 is 9.32 Å². The summed E-state index contributed by atoms with van der Waals surface area (Å²) in [5, 5.41) is 7.22. The van der Waals surface area contributed by atoms with Gasteiger partial charge in [0.15, 0.2) is 11.4 Å². The van der Waals surface area contributed by atoms with Crippen LogP contribution in [0.4, 0.5) is 10.6 Å². The Balaban J connectivity index is 1.64. The number of benzene rings is 1. The third kappa shape index (κ3) is 2.72. The van der Waals surface area contributed by atoms with Crippen LogP contribution in [0.5, 0.6) is 0 Å². The molecule has 2 aromatic heterocycles. The van der Waals surface area contributed by atoms with Gasteiger partial charge < -0.3 is 4.52 Å². The summed E-state index contributed by atoms with van der Waals surface area (Å²) in [5.41, 5.74) is 0.628. The molecule has 2 amide bonds. The highest BCUT2D eigenvalue weighted by molar-refractivity contribution is 7.98. The maximum absolute atomic E-state index is 11.8. The fraction of sp³-hybridized carbons (Fsp3) is 0. The number of nitrogens with one attached hydrogen (secondary N) is 2. The van der Waals surface area contributed by atoms with Crippen LogP contribution >= 0.6 is 11.9 Å². The summed E-state index contributed by atoms with van der Waals surface area (Å²) < 4.78 is 7.75. The molecule has 0 saturated heterocycles. The predicted molar refractivity (Wildman–Crippen MR) is 76.3 cm³/mol. The van der Waals surface area contributed by atoms with Crippen molar-refractivity contribution in [2.24, 2.45) is 0 Å². The van der Waals surface area contributed by atoms with Crippen LogP contribution in [0.3, 0.4) is 0 Å². The van der Waals surface area contributed by atoms with Crippen molar-refractivity contribution in [1.29, 1.82) is 0 Å². The van der Waals surface area contributed by atoms with Crippen LogP contribution in [0, 0.1) is 0 Å². The second-order valence-electron chi connectivity index (χ2n) is 3.87. The highest BCUT2D eigenvalue weighted by Gasteiger charge is 2.10. The summed E-state index contributed by atoms with van der Waals surface area (Å²) in [6, 6.07) is 10.6. The Morgan fingerprint density at radius 2 is 2.10 bits per heavy atom. The number of fused-ring (bicyclic) bond motifs is 1. The number of para-hydroxylation sites is 1. The van der Waals surface area contributed by atoms with E-state index in [1.165, 1.54) is 11.9 Å². The van der Waals surface area contributed by atoms with Gasteiger partial charge in [-0.25, -0.2) is 4.79 Å². The van der Waals surface area contributed by atoms with E-state index < -0.39 is 0 Å². The van der Waals surface area contributed by atoms with Crippen LogP contribution in [0.15, 0.2) is 58.2 Å². The minimum Gasteiger partial charge on any atom is -0.354 e. The van der Waals surface area contributed by atoms with Crippen molar-refractivity contribution in [3.05, 3.63) is 48.8 Å². The third-order valence-electron chi connectivity index (χ3n) is 2.51. The number of urea groups is 1. The van der Waals surface area contributed by atoms with E-state index in [4.69, 9.17) is 4.52 Å². The number of nitrogens with zero attached hydrogens (tertiary/aromatic N) is 2. The smallest absolute Gasteiger partial charge is 0.330 e. The number of hydrogen-bond donors (Lipinski definition) is 2. The average Bonchev–Trinajstić information content (AvgIpc) is 2.90. The van der Waals surface area contributed by atoms with Crippen molar-refractivity contribution in [2.75, 3.05) is 5.32 Å². The Bertz CT molecular complexity index is 729. The highest BCUT2D eigenvalue weighted by atomic mass is 32.2. The van der Waals surface area contributed by atoms with Gasteiger partial charge in [0.2, 0.25) is 0 Å². The van der Waals surface area contributed by atoms with E-state index in [0.29, 0.717) is 11.4 Å². The molecule has 0 aliphatic rings. The zero-order valence-electron chi connectivity index (χ0n) is 10.2. The lowest BCUT2D eigenvalue weighted by Gasteiger charge is -2.03.